The number of thiophene rings is 1. The van der Waals surface area contributed by atoms with E-state index in [1.807, 2.05) is 0 Å². The quantitative estimate of drug-likeness (QED) is 0.669. The summed E-state index contributed by atoms with van der Waals surface area (Å²) in [5.74, 6) is -0.288. The maximum atomic E-state index is 13.4. The molecule has 1 aromatic carbocycles. The van der Waals surface area contributed by atoms with Crippen LogP contribution in [0.2, 0.25) is 0 Å². The van der Waals surface area contributed by atoms with Crippen LogP contribution >= 0.6 is 11.3 Å². The minimum Gasteiger partial charge on any atom is -0.462 e. The van der Waals surface area contributed by atoms with Crippen molar-refractivity contribution in [3.05, 3.63) is 62.3 Å². The first-order valence-corrected chi connectivity index (χ1v) is 8.66. The summed E-state index contributed by atoms with van der Waals surface area (Å²) < 4.78 is 19.9. The van der Waals surface area contributed by atoms with Crippen molar-refractivity contribution < 1.29 is 13.9 Å². The Balaban J connectivity index is 2.13. The number of fused-ring (bicyclic) bond motifs is 1. The molecule has 0 N–H and O–H groups in total. The van der Waals surface area contributed by atoms with Crippen molar-refractivity contribution in [1.82, 2.24) is 9.55 Å². The van der Waals surface area contributed by atoms with Crippen molar-refractivity contribution in [3.8, 4) is 0 Å². The third kappa shape index (κ3) is 3.19. The molecule has 0 unspecified atom stereocenters. The maximum absolute atomic E-state index is 13.4. The highest BCUT2D eigenvalue weighted by Crippen LogP contribution is 2.28. The summed E-state index contributed by atoms with van der Waals surface area (Å²) >= 11 is 1.16. The van der Waals surface area contributed by atoms with Gasteiger partial charge in [-0.05, 0) is 44.0 Å². The summed E-state index contributed by atoms with van der Waals surface area (Å²) in [5.41, 5.74) is 1.00. The van der Waals surface area contributed by atoms with Gasteiger partial charge in [-0.15, -0.1) is 11.3 Å². The van der Waals surface area contributed by atoms with Crippen LogP contribution in [0.25, 0.3) is 10.2 Å². The van der Waals surface area contributed by atoms with E-state index in [-0.39, 0.29) is 24.5 Å². The van der Waals surface area contributed by atoms with E-state index in [1.54, 1.807) is 32.9 Å². The van der Waals surface area contributed by atoms with E-state index in [9.17, 15) is 14.0 Å². The van der Waals surface area contributed by atoms with Crippen LogP contribution in [0, 0.1) is 19.7 Å². The molecule has 3 aromatic rings. The SMILES string of the molecule is CCOC(=O)c1sc2nc(C)n(Cc3cccc(F)c3)c(=O)c2c1C. The van der Waals surface area contributed by atoms with Crippen molar-refractivity contribution >= 4 is 27.5 Å². The Morgan fingerprint density at radius 1 is 1.36 bits per heavy atom. The van der Waals surface area contributed by atoms with Crippen LogP contribution in [0.15, 0.2) is 29.1 Å². The van der Waals surface area contributed by atoms with Gasteiger partial charge >= 0.3 is 5.97 Å². The number of hydrogen-bond donors (Lipinski definition) is 0. The highest BCUT2D eigenvalue weighted by molar-refractivity contribution is 7.20. The number of halogens is 1. The smallest absolute Gasteiger partial charge is 0.348 e. The number of aromatic nitrogens is 2. The Morgan fingerprint density at radius 2 is 2.12 bits per heavy atom. The Labute approximate surface area is 147 Å². The monoisotopic (exact) mass is 360 g/mol. The second-order valence-corrected chi connectivity index (χ2v) is 6.64. The lowest BCUT2D eigenvalue weighted by atomic mass is 10.2. The van der Waals surface area contributed by atoms with Crippen molar-refractivity contribution in [1.29, 1.82) is 0 Å². The number of hydrogen-bond acceptors (Lipinski definition) is 5. The van der Waals surface area contributed by atoms with Crippen molar-refractivity contribution in [2.45, 2.75) is 27.3 Å². The van der Waals surface area contributed by atoms with Gasteiger partial charge < -0.3 is 4.74 Å². The minimum atomic E-state index is -0.447. The Hall–Kier alpha value is -2.54. The standard InChI is InChI=1S/C18H17FN2O3S/c1-4-24-18(23)15-10(2)14-16(25-15)20-11(3)21(17(14)22)9-12-6-5-7-13(19)8-12/h5-8H,4,9H2,1-3H3. The van der Waals surface area contributed by atoms with E-state index in [0.717, 1.165) is 11.3 Å². The van der Waals surface area contributed by atoms with Crippen LogP contribution in [0.3, 0.4) is 0 Å². The van der Waals surface area contributed by atoms with E-state index < -0.39 is 5.97 Å². The molecule has 0 aliphatic heterocycles. The summed E-state index contributed by atoms with van der Waals surface area (Å²) in [6.07, 6.45) is 0. The molecule has 0 radical (unpaired) electrons. The summed E-state index contributed by atoms with van der Waals surface area (Å²) in [7, 11) is 0. The van der Waals surface area contributed by atoms with E-state index in [2.05, 4.69) is 4.98 Å². The molecule has 3 rings (SSSR count). The van der Waals surface area contributed by atoms with Crippen LogP contribution in [0.1, 0.15) is 33.5 Å². The molecule has 0 saturated heterocycles. The number of esters is 1. The number of aryl methyl sites for hydroxylation is 2. The maximum Gasteiger partial charge on any atom is 0.348 e. The van der Waals surface area contributed by atoms with Gasteiger partial charge in [0.1, 0.15) is 21.3 Å². The van der Waals surface area contributed by atoms with Crippen LogP contribution in [-0.4, -0.2) is 22.1 Å². The second kappa shape index (κ2) is 6.76. The molecular formula is C18H17FN2O3S. The fourth-order valence-corrected chi connectivity index (χ4v) is 3.82. The third-order valence-corrected chi connectivity index (χ3v) is 5.10. The second-order valence-electron chi connectivity index (χ2n) is 5.64. The fraction of sp³-hybridized carbons (Fsp3) is 0.278. The molecule has 25 heavy (non-hydrogen) atoms. The Kier molecular flexibility index (Phi) is 4.67. The normalized spacial score (nSPS) is 11.0. The van der Waals surface area contributed by atoms with Crippen LogP contribution in [-0.2, 0) is 11.3 Å². The van der Waals surface area contributed by atoms with Gasteiger partial charge in [-0.1, -0.05) is 12.1 Å². The first kappa shape index (κ1) is 17.3. The molecule has 2 heterocycles. The van der Waals surface area contributed by atoms with Gasteiger partial charge in [-0.25, -0.2) is 14.2 Å². The van der Waals surface area contributed by atoms with E-state index in [4.69, 9.17) is 4.74 Å². The van der Waals surface area contributed by atoms with Crippen LogP contribution in [0.4, 0.5) is 4.39 Å². The zero-order valence-electron chi connectivity index (χ0n) is 14.1. The summed E-state index contributed by atoms with van der Waals surface area (Å²) in [5, 5.41) is 0.412. The van der Waals surface area contributed by atoms with Gasteiger partial charge in [-0.3, -0.25) is 9.36 Å². The Morgan fingerprint density at radius 3 is 2.80 bits per heavy atom. The lowest BCUT2D eigenvalue weighted by Crippen LogP contribution is -2.24. The summed E-state index contributed by atoms with van der Waals surface area (Å²) in [6.45, 7) is 5.66. The van der Waals surface area contributed by atoms with Crippen molar-refractivity contribution in [3.63, 3.8) is 0 Å². The summed E-state index contributed by atoms with van der Waals surface area (Å²) in [4.78, 5) is 30.4. The third-order valence-electron chi connectivity index (χ3n) is 3.93. The van der Waals surface area contributed by atoms with Crippen molar-refractivity contribution in [2.75, 3.05) is 6.61 Å². The molecule has 2 aromatic heterocycles. The molecule has 0 fully saturated rings. The van der Waals surface area contributed by atoms with Gasteiger partial charge in [0.15, 0.2) is 0 Å². The first-order valence-electron chi connectivity index (χ1n) is 7.84. The number of carbonyl (C=O) groups is 1. The van der Waals surface area contributed by atoms with Gasteiger partial charge in [-0.2, -0.15) is 0 Å². The molecule has 0 bridgehead atoms. The number of benzene rings is 1. The largest absolute Gasteiger partial charge is 0.462 e. The first-order chi connectivity index (χ1) is 11.9. The fourth-order valence-electron chi connectivity index (χ4n) is 2.71. The van der Waals surface area contributed by atoms with E-state index in [0.29, 0.717) is 32.0 Å². The van der Waals surface area contributed by atoms with E-state index >= 15 is 0 Å². The minimum absolute atomic E-state index is 0.218. The number of nitrogens with zero attached hydrogens (tertiary/aromatic N) is 2. The average molecular weight is 360 g/mol. The number of rotatable bonds is 4. The highest BCUT2D eigenvalue weighted by Gasteiger charge is 2.21. The molecule has 130 valence electrons. The topological polar surface area (TPSA) is 61.2 Å². The highest BCUT2D eigenvalue weighted by atomic mass is 32.1. The lowest BCUT2D eigenvalue weighted by molar-refractivity contribution is 0.0531. The van der Waals surface area contributed by atoms with Crippen LogP contribution in [0.5, 0.6) is 0 Å². The number of carbonyl (C=O) groups excluding carboxylic acids is 1. The van der Waals surface area contributed by atoms with Gasteiger partial charge in [0.2, 0.25) is 0 Å². The zero-order valence-corrected chi connectivity index (χ0v) is 14.9. The summed E-state index contributed by atoms with van der Waals surface area (Å²) in [6, 6.07) is 6.10. The number of ether oxygens (including phenoxy) is 1. The molecule has 0 spiro atoms. The zero-order chi connectivity index (χ0) is 18.1. The predicted molar refractivity (Wildman–Crippen MR) is 94.8 cm³/mol. The lowest BCUT2D eigenvalue weighted by Gasteiger charge is -2.10. The van der Waals surface area contributed by atoms with E-state index in [1.165, 1.54) is 16.7 Å². The molecule has 0 aliphatic rings. The predicted octanol–water partition coefficient (Wildman–Crippen LogP) is 3.44. The van der Waals surface area contributed by atoms with Crippen molar-refractivity contribution in [2.24, 2.45) is 0 Å². The van der Waals surface area contributed by atoms with Gasteiger partial charge in [0, 0.05) is 0 Å². The molecule has 0 aliphatic carbocycles. The van der Waals surface area contributed by atoms with Gasteiger partial charge in [0.05, 0.1) is 18.5 Å². The molecule has 0 amide bonds. The Bertz CT molecular complexity index is 1020. The van der Waals surface area contributed by atoms with Gasteiger partial charge in [0.25, 0.3) is 5.56 Å². The van der Waals surface area contributed by atoms with Crippen LogP contribution < -0.4 is 5.56 Å². The molecule has 0 atom stereocenters. The molecular weight excluding hydrogens is 343 g/mol. The molecule has 5 nitrogen and oxygen atoms in total. The average Bonchev–Trinajstić information content (AvgIpc) is 2.88. The molecule has 7 heteroatoms. The molecule has 0 saturated carbocycles.